The highest BCUT2D eigenvalue weighted by molar-refractivity contribution is 9.10. The molecular formula is C12H17BrClNO2. The predicted octanol–water partition coefficient (Wildman–Crippen LogP) is 3.39. The Balaban J connectivity index is 0.00000144. The normalized spacial score (nSPS) is 16.2. The Bertz CT molecular complexity index is 396. The summed E-state index contributed by atoms with van der Waals surface area (Å²) in [6, 6.07) is 3.46. The van der Waals surface area contributed by atoms with E-state index in [1.807, 2.05) is 6.07 Å². The van der Waals surface area contributed by atoms with Gasteiger partial charge in [0.05, 0.1) is 7.11 Å². The second kappa shape index (κ2) is 5.94. The van der Waals surface area contributed by atoms with Crippen LogP contribution < -0.4 is 10.5 Å². The minimum Gasteiger partial charge on any atom is -0.504 e. The van der Waals surface area contributed by atoms with Gasteiger partial charge in [-0.3, -0.25) is 0 Å². The summed E-state index contributed by atoms with van der Waals surface area (Å²) >= 11 is 3.43. The quantitative estimate of drug-likeness (QED) is 0.893. The van der Waals surface area contributed by atoms with E-state index in [4.69, 9.17) is 10.5 Å². The molecule has 0 spiro atoms. The first-order valence-electron chi connectivity index (χ1n) is 5.44. The zero-order chi connectivity index (χ0) is 11.7. The van der Waals surface area contributed by atoms with Crippen LogP contribution in [0.4, 0.5) is 0 Å². The van der Waals surface area contributed by atoms with Crippen molar-refractivity contribution in [3.63, 3.8) is 0 Å². The Morgan fingerprint density at radius 3 is 2.71 bits per heavy atom. The van der Waals surface area contributed by atoms with E-state index < -0.39 is 0 Å². The molecule has 96 valence electrons. The van der Waals surface area contributed by atoms with E-state index in [-0.39, 0.29) is 24.2 Å². The van der Waals surface area contributed by atoms with Crippen molar-refractivity contribution in [3.8, 4) is 11.5 Å². The molecule has 1 aromatic rings. The van der Waals surface area contributed by atoms with Crippen molar-refractivity contribution in [2.75, 3.05) is 7.11 Å². The van der Waals surface area contributed by atoms with E-state index >= 15 is 0 Å². The standard InChI is InChI=1S/C12H16BrNO2.ClH/c1-16-10-5-4-8(13)11(12(10)15)9(14)6-7-2-3-7;/h4-5,7,9,15H,2-3,6,14H2,1H3;1H/t9-;/m0./s1. The molecule has 1 atom stereocenters. The number of phenolic OH excluding ortho intramolecular Hbond substituents is 1. The fourth-order valence-electron chi connectivity index (χ4n) is 1.91. The molecule has 0 unspecified atom stereocenters. The topological polar surface area (TPSA) is 55.5 Å². The second-order valence-electron chi connectivity index (χ2n) is 4.30. The predicted molar refractivity (Wildman–Crippen MR) is 73.9 cm³/mol. The van der Waals surface area contributed by atoms with Crippen LogP contribution in [0.3, 0.4) is 0 Å². The summed E-state index contributed by atoms with van der Waals surface area (Å²) in [7, 11) is 1.54. The fraction of sp³-hybridized carbons (Fsp3) is 0.500. The zero-order valence-electron chi connectivity index (χ0n) is 9.65. The lowest BCUT2D eigenvalue weighted by atomic mass is 10.0. The van der Waals surface area contributed by atoms with Crippen LogP contribution in [0.1, 0.15) is 30.9 Å². The van der Waals surface area contributed by atoms with Crippen molar-refractivity contribution >= 4 is 28.3 Å². The van der Waals surface area contributed by atoms with Crippen LogP contribution in [0, 0.1) is 5.92 Å². The number of hydrogen-bond acceptors (Lipinski definition) is 3. The smallest absolute Gasteiger partial charge is 0.163 e. The Hall–Kier alpha value is -0.450. The minimum atomic E-state index is -0.128. The van der Waals surface area contributed by atoms with Crippen LogP contribution in [0.5, 0.6) is 11.5 Å². The summed E-state index contributed by atoms with van der Waals surface area (Å²) in [4.78, 5) is 0. The van der Waals surface area contributed by atoms with Crippen LogP contribution in [0.2, 0.25) is 0 Å². The maximum atomic E-state index is 10.0. The lowest BCUT2D eigenvalue weighted by Gasteiger charge is -2.17. The molecule has 0 amide bonds. The van der Waals surface area contributed by atoms with Crippen molar-refractivity contribution in [3.05, 3.63) is 22.2 Å². The molecule has 1 aromatic carbocycles. The lowest BCUT2D eigenvalue weighted by molar-refractivity contribution is 0.367. The average molecular weight is 323 g/mol. The van der Waals surface area contributed by atoms with Gasteiger partial charge in [-0.25, -0.2) is 0 Å². The third-order valence-electron chi connectivity index (χ3n) is 3.00. The van der Waals surface area contributed by atoms with Crippen molar-refractivity contribution in [2.24, 2.45) is 11.7 Å². The van der Waals surface area contributed by atoms with E-state index in [9.17, 15) is 5.11 Å². The maximum Gasteiger partial charge on any atom is 0.163 e. The van der Waals surface area contributed by atoms with E-state index in [1.54, 1.807) is 13.2 Å². The van der Waals surface area contributed by atoms with Gasteiger partial charge in [0, 0.05) is 16.1 Å². The third-order valence-corrected chi connectivity index (χ3v) is 3.69. The number of nitrogens with two attached hydrogens (primary N) is 1. The summed E-state index contributed by atoms with van der Waals surface area (Å²) in [6.07, 6.45) is 3.45. The number of phenols is 1. The molecule has 1 aliphatic rings. The van der Waals surface area contributed by atoms with Gasteiger partial charge in [0.15, 0.2) is 11.5 Å². The molecule has 0 heterocycles. The fourth-order valence-corrected chi connectivity index (χ4v) is 2.53. The zero-order valence-corrected chi connectivity index (χ0v) is 12.1. The van der Waals surface area contributed by atoms with E-state index in [0.29, 0.717) is 5.75 Å². The van der Waals surface area contributed by atoms with Gasteiger partial charge in [-0.2, -0.15) is 0 Å². The van der Waals surface area contributed by atoms with Crippen LogP contribution >= 0.6 is 28.3 Å². The molecule has 1 aliphatic carbocycles. The number of hydrogen-bond donors (Lipinski definition) is 2. The average Bonchev–Trinajstić information content (AvgIpc) is 3.02. The number of ether oxygens (including phenoxy) is 1. The Morgan fingerprint density at radius 2 is 2.18 bits per heavy atom. The maximum absolute atomic E-state index is 10.0. The van der Waals surface area contributed by atoms with Crippen molar-refractivity contribution in [1.29, 1.82) is 0 Å². The molecule has 3 N–H and O–H groups in total. The number of rotatable bonds is 4. The molecule has 0 aliphatic heterocycles. The first-order valence-corrected chi connectivity index (χ1v) is 6.23. The highest BCUT2D eigenvalue weighted by Gasteiger charge is 2.27. The molecule has 1 fully saturated rings. The molecule has 0 radical (unpaired) electrons. The summed E-state index contributed by atoms with van der Waals surface area (Å²) in [6.45, 7) is 0. The van der Waals surface area contributed by atoms with Gasteiger partial charge < -0.3 is 15.6 Å². The number of benzene rings is 1. The van der Waals surface area contributed by atoms with Gasteiger partial charge in [-0.15, -0.1) is 12.4 Å². The van der Waals surface area contributed by atoms with Crippen LogP contribution in [-0.4, -0.2) is 12.2 Å². The van der Waals surface area contributed by atoms with Crippen LogP contribution in [0.25, 0.3) is 0 Å². The molecule has 0 bridgehead atoms. The Labute approximate surface area is 116 Å². The summed E-state index contributed by atoms with van der Waals surface area (Å²) in [5, 5.41) is 10.0. The summed E-state index contributed by atoms with van der Waals surface area (Å²) in [5.74, 6) is 1.36. The molecule has 1 saturated carbocycles. The van der Waals surface area contributed by atoms with Gasteiger partial charge in [-0.1, -0.05) is 28.8 Å². The minimum absolute atomic E-state index is 0. The first-order chi connectivity index (χ1) is 7.63. The lowest BCUT2D eigenvalue weighted by Crippen LogP contribution is -2.12. The van der Waals surface area contributed by atoms with Gasteiger partial charge >= 0.3 is 0 Å². The third kappa shape index (κ3) is 3.27. The Kier molecular flexibility index (Phi) is 5.10. The molecule has 5 heteroatoms. The molecule has 3 nitrogen and oxygen atoms in total. The highest BCUT2D eigenvalue weighted by Crippen LogP contribution is 2.43. The number of methoxy groups -OCH3 is 1. The van der Waals surface area contributed by atoms with Crippen molar-refractivity contribution < 1.29 is 9.84 Å². The van der Waals surface area contributed by atoms with Gasteiger partial charge in [0.25, 0.3) is 0 Å². The largest absolute Gasteiger partial charge is 0.504 e. The monoisotopic (exact) mass is 321 g/mol. The molecule has 17 heavy (non-hydrogen) atoms. The SMILES string of the molecule is COc1ccc(Br)c([C@@H](N)CC2CC2)c1O.Cl. The summed E-state index contributed by atoms with van der Waals surface area (Å²) in [5.41, 5.74) is 6.87. The highest BCUT2D eigenvalue weighted by atomic mass is 79.9. The van der Waals surface area contributed by atoms with Crippen molar-refractivity contribution in [2.45, 2.75) is 25.3 Å². The first kappa shape index (κ1) is 14.6. The van der Waals surface area contributed by atoms with Gasteiger partial charge in [-0.05, 0) is 24.5 Å². The second-order valence-corrected chi connectivity index (χ2v) is 5.15. The Morgan fingerprint density at radius 1 is 1.53 bits per heavy atom. The molecule has 2 rings (SSSR count). The van der Waals surface area contributed by atoms with E-state index in [2.05, 4.69) is 15.9 Å². The summed E-state index contributed by atoms with van der Waals surface area (Å²) < 4.78 is 5.93. The van der Waals surface area contributed by atoms with E-state index in [1.165, 1.54) is 12.8 Å². The number of aromatic hydroxyl groups is 1. The van der Waals surface area contributed by atoms with Crippen LogP contribution in [-0.2, 0) is 0 Å². The van der Waals surface area contributed by atoms with Gasteiger partial charge in [0.2, 0.25) is 0 Å². The molecule has 0 saturated heterocycles. The molecular weight excluding hydrogens is 305 g/mol. The van der Waals surface area contributed by atoms with Crippen molar-refractivity contribution in [1.82, 2.24) is 0 Å². The van der Waals surface area contributed by atoms with E-state index in [0.717, 1.165) is 22.4 Å². The number of halogens is 2. The molecule has 0 aromatic heterocycles. The van der Waals surface area contributed by atoms with Crippen LogP contribution in [0.15, 0.2) is 16.6 Å². The van der Waals surface area contributed by atoms with Gasteiger partial charge in [0.1, 0.15) is 0 Å².